The molecule has 0 N–H and O–H groups in total. The van der Waals surface area contributed by atoms with Crippen LogP contribution in [0.1, 0.15) is 0 Å². The van der Waals surface area contributed by atoms with Crippen molar-refractivity contribution in [1.29, 1.82) is 0 Å². The maximum Gasteiger partial charge on any atom is 0.213 e. The Labute approximate surface area is 69.2 Å². The lowest BCUT2D eigenvalue weighted by Gasteiger charge is -2.08. The summed E-state index contributed by atoms with van der Waals surface area (Å²) in [5.74, 6) is 2.24. The van der Waals surface area contributed by atoms with E-state index < -0.39 is 3.79 Å². The highest BCUT2D eigenvalue weighted by Gasteiger charge is 2.18. The van der Waals surface area contributed by atoms with Gasteiger partial charge in [0.05, 0.1) is 6.61 Å². The molecule has 0 bridgehead atoms. The smallest absolute Gasteiger partial charge is 0.213 e. The van der Waals surface area contributed by atoms with E-state index in [0.29, 0.717) is 0 Å². The number of halogens is 3. The first-order valence-electron chi connectivity index (χ1n) is 2.14. The van der Waals surface area contributed by atoms with Gasteiger partial charge in [-0.1, -0.05) is 40.7 Å². The Hall–Kier alpha value is 0.390. The summed E-state index contributed by atoms with van der Waals surface area (Å²) in [6, 6.07) is 0. The fourth-order valence-corrected chi connectivity index (χ4v) is 0.457. The van der Waals surface area contributed by atoms with Gasteiger partial charge >= 0.3 is 0 Å². The summed E-state index contributed by atoms with van der Waals surface area (Å²) in [6.07, 6.45) is 4.85. The van der Waals surface area contributed by atoms with Gasteiger partial charge in [-0.25, -0.2) is 0 Å². The Balaban J connectivity index is 3.20. The second-order valence-corrected chi connectivity index (χ2v) is 3.83. The average Bonchev–Trinajstić information content (AvgIpc) is 1.63. The molecule has 0 spiro atoms. The molecule has 1 nitrogen and oxygen atoms in total. The Morgan fingerprint density at radius 3 is 2.33 bits per heavy atom. The van der Waals surface area contributed by atoms with Crippen molar-refractivity contribution in [3.63, 3.8) is 0 Å². The molecular weight excluding hydrogens is 182 g/mol. The summed E-state index contributed by atoms with van der Waals surface area (Å²) >= 11 is 15.9. The predicted molar refractivity (Wildman–Crippen MR) is 39.9 cm³/mol. The van der Waals surface area contributed by atoms with Gasteiger partial charge in [0, 0.05) is 0 Å². The molecule has 0 atom stereocenters. The first kappa shape index (κ1) is 9.39. The van der Waals surface area contributed by atoms with Crippen molar-refractivity contribution in [3.05, 3.63) is 0 Å². The van der Waals surface area contributed by atoms with E-state index in [1.165, 1.54) is 0 Å². The molecule has 0 saturated carbocycles. The Kier molecular flexibility index (Phi) is 4.43. The standard InChI is InChI=1S/C5H5Cl3O/c1-2-3-9-4-5(6,7)8/h1H,3-4H2. The number of hydrogen-bond donors (Lipinski definition) is 0. The zero-order valence-electron chi connectivity index (χ0n) is 4.53. The van der Waals surface area contributed by atoms with Crippen LogP contribution < -0.4 is 0 Å². The third kappa shape index (κ3) is 8.39. The lowest BCUT2D eigenvalue weighted by atomic mass is 10.7. The minimum Gasteiger partial charge on any atom is -0.364 e. The molecule has 4 heteroatoms. The summed E-state index contributed by atoms with van der Waals surface area (Å²) in [5.41, 5.74) is 0. The maximum atomic E-state index is 5.31. The summed E-state index contributed by atoms with van der Waals surface area (Å²) in [5, 5.41) is 0. The van der Waals surface area contributed by atoms with E-state index in [-0.39, 0.29) is 13.2 Å². The van der Waals surface area contributed by atoms with Crippen LogP contribution in [0.4, 0.5) is 0 Å². The van der Waals surface area contributed by atoms with Crippen molar-refractivity contribution in [3.8, 4) is 12.3 Å². The van der Waals surface area contributed by atoms with Crippen LogP contribution in [-0.2, 0) is 4.74 Å². The lowest BCUT2D eigenvalue weighted by molar-refractivity contribution is 0.173. The molecule has 0 saturated heterocycles. The van der Waals surface area contributed by atoms with Gasteiger partial charge in [0.15, 0.2) is 0 Å². The monoisotopic (exact) mass is 186 g/mol. The maximum absolute atomic E-state index is 5.31. The number of ether oxygens (including phenoxy) is 1. The molecule has 0 aromatic rings. The van der Waals surface area contributed by atoms with Crippen LogP contribution in [0, 0.1) is 12.3 Å². The largest absolute Gasteiger partial charge is 0.364 e. The van der Waals surface area contributed by atoms with Gasteiger partial charge < -0.3 is 4.74 Å². The van der Waals surface area contributed by atoms with Crippen LogP contribution in [0.3, 0.4) is 0 Å². The van der Waals surface area contributed by atoms with Crippen LogP contribution in [0.5, 0.6) is 0 Å². The molecule has 0 unspecified atom stereocenters. The number of rotatable bonds is 2. The zero-order chi connectivity index (χ0) is 7.33. The number of terminal acetylenes is 1. The average molecular weight is 187 g/mol. The molecule has 0 rings (SSSR count). The van der Waals surface area contributed by atoms with Gasteiger partial charge in [-0.15, -0.1) is 6.42 Å². The molecule has 0 aromatic carbocycles. The molecule has 9 heavy (non-hydrogen) atoms. The number of alkyl halides is 3. The number of hydrogen-bond acceptors (Lipinski definition) is 1. The van der Waals surface area contributed by atoms with Crippen LogP contribution in [0.2, 0.25) is 0 Å². The first-order chi connectivity index (χ1) is 4.06. The van der Waals surface area contributed by atoms with Crippen LogP contribution >= 0.6 is 34.8 Å². The van der Waals surface area contributed by atoms with E-state index in [1.807, 2.05) is 0 Å². The van der Waals surface area contributed by atoms with Crippen LogP contribution in [0.15, 0.2) is 0 Å². The highest BCUT2D eigenvalue weighted by Crippen LogP contribution is 2.25. The Morgan fingerprint density at radius 1 is 1.44 bits per heavy atom. The fraction of sp³-hybridized carbons (Fsp3) is 0.600. The molecule has 0 radical (unpaired) electrons. The second-order valence-electron chi connectivity index (χ2n) is 1.31. The molecule has 0 fully saturated rings. The highest BCUT2D eigenvalue weighted by atomic mass is 35.6. The molecule has 0 amide bonds. The second kappa shape index (κ2) is 4.24. The van der Waals surface area contributed by atoms with Crippen molar-refractivity contribution in [1.82, 2.24) is 0 Å². The van der Waals surface area contributed by atoms with E-state index in [4.69, 9.17) is 46.0 Å². The summed E-state index contributed by atoms with van der Waals surface area (Å²) in [6.45, 7) is 0.204. The van der Waals surface area contributed by atoms with Crippen molar-refractivity contribution in [2.45, 2.75) is 3.79 Å². The van der Waals surface area contributed by atoms with Gasteiger partial charge in [-0.3, -0.25) is 0 Å². The molecule has 0 heterocycles. The summed E-state index contributed by atoms with van der Waals surface area (Å²) in [4.78, 5) is 0. The quantitative estimate of drug-likeness (QED) is 0.365. The van der Waals surface area contributed by atoms with E-state index in [9.17, 15) is 0 Å². The van der Waals surface area contributed by atoms with E-state index in [0.717, 1.165) is 0 Å². The van der Waals surface area contributed by atoms with Crippen molar-refractivity contribution in [2.75, 3.05) is 13.2 Å². The van der Waals surface area contributed by atoms with Crippen LogP contribution in [-0.4, -0.2) is 17.0 Å². The fourth-order valence-electron chi connectivity index (χ4n) is 0.226. The third-order valence-corrected chi connectivity index (χ3v) is 0.778. The minimum absolute atomic E-state index is 0.0296. The topological polar surface area (TPSA) is 9.23 Å². The van der Waals surface area contributed by atoms with Crippen molar-refractivity contribution < 1.29 is 4.74 Å². The van der Waals surface area contributed by atoms with E-state index in [2.05, 4.69) is 5.92 Å². The third-order valence-electron chi connectivity index (χ3n) is 0.451. The van der Waals surface area contributed by atoms with E-state index in [1.54, 1.807) is 0 Å². The van der Waals surface area contributed by atoms with Gasteiger partial charge in [0.1, 0.15) is 6.61 Å². The molecule has 0 aromatic heterocycles. The van der Waals surface area contributed by atoms with Crippen molar-refractivity contribution >= 4 is 34.8 Å². The van der Waals surface area contributed by atoms with Gasteiger partial charge in [-0.2, -0.15) is 0 Å². The zero-order valence-corrected chi connectivity index (χ0v) is 6.80. The van der Waals surface area contributed by atoms with Gasteiger partial charge in [-0.05, 0) is 0 Å². The van der Waals surface area contributed by atoms with Gasteiger partial charge in [0.2, 0.25) is 3.79 Å². The Bertz CT molecular complexity index is 110. The Morgan fingerprint density at radius 2 is 2.00 bits per heavy atom. The SMILES string of the molecule is C#CCOCC(Cl)(Cl)Cl. The van der Waals surface area contributed by atoms with Gasteiger partial charge in [0.25, 0.3) is 0 Å². The van der Waals surface area contributed by atoms with Crippen molar-refractivity contribution in [2.24, 2.45) is 0 Å². The summed E-state index contributed by atoms with van der Waals surface area (Å²) < 4.78 is 3.36. The van der Waals surface area contributed by atoms with E-state index >= 15 is 0 Å². The molecule has 0 aliphatic heterocycles. The summed E-state index contributed by atoms with van der Waals surface area (Å²) in [7, 11) is 0. The minimum atomic E-state index is -1.35. The normalized spacial score (nSPS) is 10.9. The highest BCUT2D eigenvalue weighted by molar-refractivity contribution is 6.67. The molecule has 0 aliphatic rings. The molecular formula is C5H5Cl3O. The first-order valence-corrected chi connectivity index (χ1v) is 3.27. The molecule has 52 valence electrons. The van der Waals surface area contributed by atoms with Crippen LogP contribution in [0.25, 0.3) is 0 Å². The lowest BCUT2D eigenvalue weighted by Crippen LogP contribution is -2.12. The predicted octanol–water partition coefficient (Wildman–Crippen LogP) is 2.01. The molecule has 0 aliphatic carbocycles.